The molecule has 204 valence electrons. The van der Waals surface area contributed by atoms with Crippen LogP contribution in [0, 0.1) is 0 Å². The summed E-state index contributed by atoms with van der Waals surface area (Å²) in [5.41, 5.74) is 12.6. The van der Waals surface area contributed by atoms with Crippen molar-refractivity contribution in [3.05, 3.63) is 52.7 Å². The van der Waals surface area contributed by atoms with Crippen molar-refractivity contribution in [2.45, 2.75) is 83.1 Å². The first kappa shape index (κ1) is 26.8. The van der Waals surface area contributed by atoms with Gasteiger partial charge in [-0.3, -0.25) is 4.79 Å². The van der Waals surface area contributed by atoms with Crippen LogP contribution in [0.3, 0.4) is 0 Å². The number of ether oxygens (including phenoxy) is 1. The first-order chi connectivity index (χ1) is 18.2. The number of amides is 1. The molecule has 7 nitrogen and oxygen atoms in total. The monoisotopic (exact) mass is 537 g/mol. The fourth-order valence-electron chi connectivity index (χ4n) is 6.14. The highest BCUT2D eigenvalue weighted by Gasteiger charge is 2.29. The SMILES string of the molecule is CCS(=O)(=O)C1CCCC(c2c[nH]c3c(C(N)=O)cc(-c4cc(CNC(C)C)c5c(c4)OCC5)cc23)CC1. The molecule has 2 unspecified atom stereocenters. The summed E-state index contributed by atoms with van der Waals surface area (Å²) < 4.78 is 31.1. The van der Waals surface area contributed by atoms with E-state index in [4.69, 9.17) is 10.5 Å². The zero-order valence-corrected chi connectivity index (χ0v) is 23.4. The Morgan fingerprint density at radius 1 is 1.13 bits per heavy atom. The van der Waals surface area contributed by atoms with Gasteiger partial charge in [-0.25, -0.2) is 8.42 Å². The van der Waals surface area contributed by atoms with Crippen LogP contribution in [0.25, 0.3) is 22.0 Å². The molecule has 4 N–H and O–H groups in total. The molecule has 1 aliphatic carbocycles. The van der Waals surface area contributed by atoms with E-state index in [1.165, 1.54) is 11.1 Å². The van der Waals surface area contributed by atoms with E-state index in [9.17, 15) is 13.2 Å². The topological polar surface area (TPSA) is 114 Å². The normalized spacial score (nSPS) is 19.9. The van der Waals surface area contributed by atoms with Gasteiger partial charge in [0, 0.05) is 41.9 Å². The van der Waals surface area contributed by atoms with Gasteiger partial charge in [0.15, 0.2) is 9.84 Å². The lowest BCUT2D eigenvalue weighted by Gasteiger charge is -2.16. The van der Waals surface area contributed by atoms with Crippen molar-refractivity contribution < 1.29 is 17.9 Å². The van der Waals surface area contributed by atoms with Gasteiger partial charge in [-0.15, -0.1) is 0 Å². The summed E-state index contributed by atoms with van der Waals surface area (Å²) in [7, 11) is -3.05. The van der Waals surface area contributed by atoms with Crippen LogP contribution in [0.2, 0.25) is 0 Å². The van der Waals surface area contributed by atoms with Crippen LogP contribution in [-0.2, 0) is 22.8 Å². The van der Waals surface area contributed by atoms with Gasteiger partial charge in [0.05, 0.1) is 22.9 Å². The molecule has 0 bridgehead atoms. The smallest absolute Gasteiger partial charge is 0.250 e. The largest absolute Gasteiger partial charge is 0.493 e. The van der Waals surface area contributed by atoms with Crippen molar-refractivity contribution in [3.63, 3.8) is 0 Å². The van der Waals surface area contributed by atoms with E-state index in [-0.39, 0.29) is 16.9 Å². The van der Waals surface area contributed by atoms with Gasteiger partial charge in [0.2, 0.25) is 0 Å². The van der Waals surface area contributed by atoms with Gasteiger partial charge in [0.25, 0.3) is 5.91 Å². The predicted molar refractivity (Wildman–Crippen MR) is 153 cm³/mol. The number of aromatic nitrogens is 1. The summed E-state index contributed by atoms with van der Waals surface area (Å²) in [6.07, 6.45) is 6.89. The number of hydrogen-bond acceptors (Lipinski definition) is 5. The summed E-state index contributed by atoms with van der Waals surface area (Å²) in [4.78, 5) is 15.9. The highest BCUT2D eigenvalue weighted by atomic mass is 32.2. The Morgan fingerprint density at radius 2 is 1.92 bits per heavy atom. The molecule has 5 rings (SSSR count). The molecular formula is C30H39N3O4S. The molecule has 1 amide bonds. The Balaban J connectivity index is 1.56. The van der Waals surface area contributed by atoms with Crippen molar-refractivity contribution >= 4 is 26.6 Å². The third-order valence-electron chi connectivity index (χ3n) is 8.30. The molecule has 8 heteroatoms. The summed E-state index contributed by atoms with van der Waals surface area (Å²) in [5, 5.41) is 4.25. The molecule has 1 aromatic heterocycles. The molecule has 38 heavy (non-hydrogen) atoms. The summed E-state index contributed by atoms with van der Waals surface area (Å²) in [5.74, 6) is 0.857. The van der Waals surface area contributed by atoms with Gasteiger partial charge in [-0.05, 0) is 78.1 Å². The molecule has 0 radical (unpaired) electrons. The first-order valence-electron chi connectivity index (χ1n) is 13.9. The van der Waals surface area contributed by atoms with Crippen LogP contribution >= 0.6 is 0 Å². The first-order valence-corrected chi connectivity index (χ1v) is 15.6. The van der Waals surface area contributed by atoms with E-state index in [1.807, 2.05) is 12.3 Å². The lowest BCUT2D eigenvalue weighted by Crippen LogP contribution is -2.22. The molecule has 2 aliphatic rings. The summed E-state index contributed by atoms with van der Waals surface area (Å²) in [6.45, 7) is 7.43. The predicted octanol–water partition coefficient (Wildman–Crippen LogP) is 5.22. The average molecular weight is 538 g/mol. The maximum Gasteiger partial charge on any atom is 0.250 e. The quantitative estimate of drug-likeness (QED) is 0.341. The number of fused-ring (bicyclic) bond motifs is 2. The van der Waals surface area contributed by atoms with Crippen LogP contribution in [-0.4, -0.2) is 43.0 Å². The molecule has 2 aromatic carbocycles. The Hall–Kier alpha value is -2.84. The van der Waals surface area contributed by atoms with Crippen molar-refractivity contribution in [1.29, 1.82) is 0 Å². The van der Waals surface area contributed by atoms with E-state index >= 15 is 0 Å². The number of carbonyl (C=O) groups is 1. The van der Waals surface area contributed by atoms with Gasteiger partial charge < -0.3 is 20.8 Å². The number of benzene rings is 2. The molecule has 0 spiro atoms. The van der Waals surface area contributed by atoms with Crippen molar-refractivity contribution in [1.82, 2.24) is 10.3 Å². The highest BCUT2D eigenvalue weighted by molar-refractivity contribution is 7.92. The second-order valence-corrected chi connectivity index (χ2v) is 13.6. The Labute approximate surface area is 225 Å². The summed E-state index contributed by atoms with van der Waals surface area (Å²) in [6, 6.07) is 8.66. The van der Waals surface area contributed by atoms with Gasteiger partial charge in [0.1, 0.15) is 5.75 Å². The Bertz CT molecular complexity index is 1460. The van der Waals surface area contributed by atoms with E-state index in [1.54, 1.807) is 6.92 Å². The van der Waals surface area contributed by atoms with Gasteiger partial charge in [-0.2, -0.15) is 0 Å². The Kier molecular flexibility index (Phi) is 7.56. The number of rotatable bonds is 8. The van der Waals surface area contributed by atoms with Gasteiger partial charge >= 0.3 is 0 Å². The number of nitrogens with two attached hydrogens (primary N) is 1. The zero-order valence-electron chi connectivity index (χ0n) is 22.6. The van der Waals surface area contributed by atoms with Crippen LogP contribution < -0.4 is 15.8 Å². The van der Waals surface area contributed by atoms with Crippen LogP contribution in [0.5, 0.6) is 5.75 Å². The number of hydrogen-bond donors (Lipinski definition) is 3. The van der Waals surface area contributed by atoms with E-state index in [0.29, 0.717) is 24.6 Å². The molecule has 2 atom stereocenters. The van der Waals surface area contributed by atoms with Crippen molar-refractivity contribution in [3.8, 4) is 16.9 Å². The number of primary amides is 1. The minimum atomic E-state index is -3.05. The van der Waals surface area contributed by atoms with E-state index in [2.05, 4.69) is 42.3 Å². The number of aromatic amines is 1. The van der Waals surface area contributed by atoms with Crippen LogP contribution in [0.1, 0.15) is 85.8 Å². The minimum absolute atomic E-state index is 0.194. The van der Waals surface area contributed by atoms with Crippen LogP contribution in [0.15, 0.2) is 30.5 Å². The van der Waals surface area contributed by atoms with E-state index in [0.717, 1.165) is 72.0 Å². The van der Waals surface area contributed by atoms with Gasteiger partial charge in [-0.1, -0.05) is 27.2 Å². The lowest BCUT2D eigenvalue weighted by molar-refractivity contribution is 0.100. The highest BCUT2D eigenvalue weighted by Crippen LogP contribution is 2.41. The van der Waals surface area contributed by atoms with Crippen molar-refractivity contribution in [2.24, 2.45) is 5.73 Å². The zero-order chi connectivity index (χ0) is 27.0. The molecule has 2 heterocycles. The summed E-state index contributed by atoms with van der Waals surface area (Å²) >= 11 is 0. The molecule has 3 aromatic rings. The Morgan fingerprint density at radius 3 is 2.66 bits per heavy atom. The molecular weight excluding hydrogens is 498 g/mol. The molecule has 1 aliphatic heterocycles. The fraction of sp³-hybridized carbons (Fsp3) is 0.500. The standard InChI is InChI=1S/C30H39N3O4S/c1-4-38(35,36)23-7-5-6-19(8-9-23)27-17-33-29-25(27)13-21(14-26(29)30(31)34)20-12-22(16-32-18(2)3)24-10-11-37-28(24)15-20/h12-15,17-19,23,32-33H,4-11,16H2,1-3H3,(H2,31,34). The molecule has 0 saturated heterocycles. The lowest BCUT2D eigenvalue weighted by atomic mass is 9.89. The average Bonchev–Trinajstić information content (AvgIpc) is 3.46. The second kappa shape index (κ2) is 10.7. The van der Waals surface area contributed by atoms with Crippen LogP contribution in [0.4, 0.5) is 0 Å². The fourth-order valence-corrected chi connectivity index (χ4v) is 7.63. The third-order valence-corrected chi connectivity index (χ3v) is 10.6. The number of nitrogens with one attached hydrogen (secondary N) is 2. The number of H-pyrrole nitrogens is 1. The maximum absolute atomic E-state index is 12.6. The number of carbonyl (C=O) groups excluding carboxylic acids is 1. The van der Waals surface area contributed by atoms with Crippen molar-refractivity contribution in [2.75, 3.05) is 12.4 Å². The molecule has 1 fully saturated rings. The van der Waals surface area contributed by atoms with E-state index < -0.39 is 15.7 Å². The minimum Gasteiger partial charge on any atom is -0.493 e. The number of sulfone groups is 1. The second-order valence-electron chi connectivity index (χ2n) is 11.1. The third kappa shape index (κ3) is 5.21. The maximum atomic E-state index is 12.6. The molecule has 1 saturated carbocycles.